The second-order valence-electron chi connectivity index (χ2n) is 6.57. The first-order valence-electron chi connectivity index (χ1n) is 9.65. The number of nitrogens with zero attached hydrogens (tertiary/aromatic N) is 2. The molecule has 0 atom stereocenters. The smallest absolute Gasteiger partial charge is 0.137 e. The molecule has 0 aliphatic heterocycles. The molecule has 0 bridgehead atoms. The third kappa shape index (κ3) is 6.10. The Morgan fingerprint density at radius 2 is 1.56 bits per heavy atom. The van der Waals surface area contributed by atoms with E-state index in [1.807, 2.05) is 42.5 Å². The van der Waals surface area contributed by atoms with Crippen LogP contribution in [-0.4, -0.2) is 23.1 Å². The van der Waals surface area contributed by atoms with Crippen LogP contribution in [0.2, 0.25) is 5.02 Å². The van der Waals surface area contributed by atoms with Crippen molar-refractivity contribution in [2.75, 3.05) is 18.5 Å². The van der Waals surface area contributed by atoms with Crippen LogP contribution in [0.25, 0.3) is 10.9 Å². The van der Waals surface area contributed by atoms with Gasteiger partial charge in [0.2, 0.25) is 0 Å². The number of hydrogen-bond acceptors (Lipinski definition) is 4. The summed E-state index contributed by atoms with van der Waals surface area (Å²) in [6.07, 6.45) is 8.73. The Bertz CT molecular complexity index is 835. The van der Waals surface area contributed by atoms with Gasteiger partial charge in [-0.25, -0.2) is 9.97 Å². The van der Waals surface area contributed by atoms with Crippen molar-refractivity contribution in [3.63, 3.8) is 0 Å². The van der Waals surface area contributed by atoms with Crippen LogP contribution < -0.4 is 10.1 Å². The molecule has 2 aromatic carbocycles. The summed E-state index contributed by atoms with van der Waals surface area (Å²) in [5.41, 5.74) is 0.981. The molecule has 3 aromatic rings. The van der Waals surface area contributed by atoms with E-state index >= 15 is 0 Å². The summed E-state index contributed by atoms with van der Waals surface area (Å²) >= 11 is 6.07. The molecular formula is C22H26ClN3O. The highest BCUT2D eigenvalue weighted by molar-refractivity contribution is 6.32. The maximum Gasteiger partial charge on any atom is 0.137 e. The molecular weight excluding hydrogens is 358 g/mol. The minimum atomic E-state index is 0.682. The lowest BCUT2D eigenvalue weighted by molar-refractivity contribution is 0.304. The second-order valence-corrected chi connectivity index (χ2v) is 6.97. The van der Waals surface area contributed by atoms with E-state index in [2.05, 4.69) is 21.4 Å². The Morgan fingerprint density at radius 1 is 0.815 bits per heavy atom. The number of fused-ring (bicyclic) bond motifs is 1. The predicted molar refractivity (Wildman–Crippen MR) is 113 cm³/mol. The summed E-state index contributed by atoms with van der Waals surface area (Å²) in [5.74, 6) is 1.71. The third-order valence-corrected chi connectivity index (χ3v) is 4.81. The number of halogens is 1. The first kappa shape index (κ1) is 19.4. The van der Waals surface area contributed by atoms with E-state index < -0.39 is 0 Å². The molecule has 142 valence electrons. The van der Waals surface area contributed by atoms with Crippen molar-refractivity contribution in [3.8, 4) is 5.75 Å². The normalized spacial score (nSPS) is 10.9. The lowest BCUT2D eigenvalue weighted by Crippen LogP contribution is -2.04. The summed E-state index contributed by atoms with van der Waals surface area (Å²) in [5, 5.41) is 5.20. The van der Waals surface area contributed by atoms with Crippen molar-refractivity contribution in [1.82, 2.24) is 9.97 Å². The van der Waals surface area contributed by atoms with E-state index in [1.54, 1.807) is 6.33 Å². The van der Waals surface area contributed by atoms with Crippen LogP contribution in [0, 0.1) is 0 Å². The van der Waals surface area contributed by atoms with Crippen LogP contribution in [0.5, 0.6) is 5.75 Å². The van der Waals surface area contributed by atoms with Crippen molar-refractivity contribution < 1.29 is 4.74 Å². The number of benzene rings is 2. The highest BCUT2D eigenvalue weighted by atomic mass is 35.5. The molecule has 0 aliphatic carbocycles. The molecule has 3 rings (SSSR count). The quantitative estimate of drug-likeness (QED) is 0.405. The number of nitrogens with one attached hydrogen (secondary N) is 1. The van der Waals surface area contributed by atoms with Crippen LogP contribution >= 0.6 is 11.6 Å². The van der Waals surface area contributed by atoms with E-state index in [9.17, 15) is 0 Å². The molecule has 0 fully saturated rings. The topological polar surface area (TPSA) is 47.0 Å². The predicted octanol–water partition coefficient (Wildman–Crippen LogP) is 6.11. The third-order valence-electron chi connectivity index (χ3n) is 4.50. The maximum atomic E-state index is 6.07. The van der Waals surface area contributed by atoms with E-state index in [4.69, 9.17) is 16.3 Å². The van der Waals surface area contributed by atoms with Gasteiger partial charge in [0.05, 0.1) is 17.1 Å². The lowest BCUT2D eigenvalue weighted by atomic mass is 10.1. The highest BCUT2D eigenvalue weighted by Crippen LogP contribution is 2.23. The summed E-state index contributed by atoms with van der Waals surface area (Å²) in [6.45, 7) is 1.67. The molecule has 0 saturated heterocycles. The molecule has 1 aromatic heterocycles. The number of anilines is 1. The van der Waals surface area contributed by atoms with Gasteiger partial charge in [0.1, 0.15) is 17.9 Å². The zero-order valence-corrected chi connectivity index (χ0v) is 16.3. The van der Waals surface area contributed by atoms with Crippen LogP contribution in [0.15, 0.2) is 54.9 Å². The summed E-state index contributed by atoms with van der Waals surface area (Å²) in [4.78, 5) is 8.65. The molecule has 0 spiro atoms. The Kier molecular flexibility index (Phi) is 7.72. The zero-order valence-electron chi connectivity index (χ0n) is 15.5. The number of unbranched alkanes of at least 4 members (excludes halogenated alkanes) is 5. The van der Waals surface area contributed by atoms with Gasteiger partial charge in [-0.15, -0.1) is 0 Å². The molecule has 0 radical (unpaired) electrons. The molecule has 0 amide bonds. The van der Waals surface area contributed by atoms with Crippen molar-refractivity contribution in [2.45, 2.75) is 38.5 Å². The lowest BCUT2D eigenvalue weighted by Gasteiger charge is -2.08. The van der Waals surface area contributed by atoms with Gasteiger partial charge in [-0.1, -0.05) is 61.5 Å². The monoisotopic (exact) mass is 383 g/mol. The molecule has 4 nitrogen and oxygen atoms in total. The second kappa shape index (κ2) is 10.7. The molecule has 1 heterocycles. The van der Waals surface area contributed by atoms with Crippen LogP contribution in [0.1, 0.15) is 38.5 Å². The number of ether oxygens (including phenoxy) is 1. The minimum absolute atomic E-state index is 0.682. The summed E-state index contributed by atoms with van der Waals surface area (Å²) in [6, 6.07) is 15.7. The fourth-order valence-corrected chi connectivity index (χ4v) is 3.22. The molecule has 0 aliphatic rings. The molecule has 1 N–H and O–H groups in total. The number of aromatic nitrogens is 2. The Morgan fingerprint density at radius 3 is 2.44 bits per heavy atom. The molecule has 0 saturated carbocycles. The SMILES string of the molecule is Clc1ccccc1OCCCCCCCCNc1ncnc2ccccc12. The van der Waals surface area contributed by atoms with Gasteiger partial charge in [-0.3, -0.25) is 0 Å². The van der Waals surface area contributed by atoms with Gasteiger partial charge in [0, 0.05) is 11.9 Å². The van der Waals surface area contributed by atoms with Crippen LogP contribution in [-0.2, 0) is 0 Å². The molecule has 0 unspecified atom stereocenters. The van der Waals surface area contributed by atoms with E-state index in [-0.39, 0.29) is 0 Å². The molecule has 27 heavy (non-hydrogen) atoms. The number of rotatable bonds is 11. The summed E-state index contributed by atoms with van der Waals surface area (Å²) in [7, 11) is 0. The number of hydrogen-bond donors (Lipinski definition) is 1. The number of para-hydroxylation sites is 2. The van der Waals surface area contributed by atoms with Crippen LogP contribution in [0.3, 0.4) is 0 Å². The Balaban J connectivity index is 1.23. The van der Waals surface area contributed by atoms with Gasteiger partial charge in [0.25, 0.3) is 0 Å². The van der Waals surface area contributed by atoms with Crippen molar-refractivity contribution in [2.24, 2.45) is 0 Å². The highest BCUT2D eigenvalue weighted by Gasteiger charge is 2.02. The molecule has 5 heteroatoms. The van der Waals surface area contributed by atoms with Gasteiger partial charge in [0.15, 0.2) is 0 Å². The summed E-state index contributed by atoms with van der Waals surface area (Å²) < 4.78 is 5.71. The van der Waals surface area contributed by atoms with E-state index in [0.717, 1.165) is 48.5 Å². The standard InChI is InChI=1S/C22H26ClN3O/c23-19-12-6-8-14-21(19)27-16-10-4-2-1-3-9-15-24-22-18-11-5-7-13-20(18)25-17-26-22/h5-8,11-14,17H,1-4,9-10,15-16H2,(H,24,25,26). The first-order valence-corrected chi connectivity index (χ1v) is 10.0. The maximum absolute atomic E-state index is 6.07. The van der Waals surface area contributed by atoms with Crippen LogP contribution in [0.4, 0.5) is 5.82 Å². The van der Waals surface area contributed by atoms with Gasteiger partial charge < -0.3 is 10.1 Å². The Labute approximate surface area is 165 Å². The van der Waals surface area contributed by atoms with E-state index in [0.29, 0.717) is 5.02 Å². The van der Waals surface area contributed by atoms with Crippen molar-refractivity contribution >= 4 is 28.3 Å². The van der Waals surface area contributed by atoms with Gasteiger partial charge in [-0.05, 0) is 37.1 Å². The van der Waals surface area contributed by atoms with Crippen molar-refractivity contribution in [3.05, 3.63) is 59.9 Å². The van der Waals surface area contributed by atoms with Gasteiger partial charge in [-0.2, -0.15) is 0 Å². The average molecular weight is 384 g/mol. The van der Waals surface area contributed by atoms with Gasteiger partial charge >= 0.3 is 0 Å². The first-order chi connectivity index (χ1) is 13.3. The largest absolute Gasteiger partial charge is 0.492 e. The Hall–Kier alpha value is -2.33. The minimum Gasteiger partial charge on any atom is -0.492 e. The fourth-order valence-electron chi connectivity index (χ4n) is 3.03. The van der Waals surface area contributed by atoms with Crippen molar-refractivity contribution in [1.29, 1.82) is 0 Å². The fraction of sp³-hybridized carbons (Fsp3) is 0.364. The average Bonchev–Trinajstić information content (AvgIpc) is 2.71. The van der Waals surface area contributed by atoms with E-state index in [1.165, 1.54) is 25.7 Å². The zero-order chi connectivity index (χ0) is 18.7.